The van der Waals surface area contributed by atoms with Crippen molar-refractivity contribution in [3.05, 3.63) is 0 Å². The van der Waals surface area contributed by atoms with Gasteiger partial charge in [-0.15, -0.1) is 0 Å². The maximum atomic E-state index is 6.03. The van der Waals surface area contributed by atoms with E-state index in [1.807, 2.05) is 7.11 Å². The summed E-state index contributed by atoms with van der Waals surface area (Å²) in [5, 5.41) is 0. The molecule has 3 nitrogen and oxygen atoms in total. The molecule has 0 aromatic rings. The van der Waals surface area contributed by atoms with Crippen LogP contribution in [0.25, 0.3) is 0 Å². The van der Waals surface area contributed by atoms with Crippen LogP contribution < -0.4 is 5.73 Å². The van der Waals surface area contributed by atoms with Crippen molar-refractivity contribution >= 4 is 0 Å². The topological polar surface area (TPSA) is 38.5 Å². The lowest BCUT2D eigenvalue weighted by Gasteiger charge is -2.37. The van der Waals surface area contributed by atoms with Gasteiger partial charge in [0.05, 0.1) is 6.10 Å². The van der Waals surface area contributed by atoms with Gasteiger partial charge in [-0.05, 0) is 44.2 Å². The standard InChI is InChI=1S/C14H28N2O/c1-17-13-5-9-16(11-13)10-8-14(12-15)6-3-2-4-7-14/h13H,2-12,15H2,1H3. The molecule has 17 heavy (non-hydrogen) atoms. The highest BCUT2D eigenvalue weighted by Crippen LogP contribution is 2.38. The number of hydrogen-bond donors (Lipinski definition) is 1. The number of nitrogens with two attached hydrogens (primary N) is 1. The smallest absolute Gasteiger partial charge is 0.0710 e. The zero-order chi connectivity index (χ0) is 12.1. The maximum absolute atomic E-state index is 6.03. The van der Waals surface area contributed by atoms with Crippen molar-refractivity contribution in [3.63, 3.8) is 0 Å². The van der Waals surface area contributed by atoms with Crippen LogP contribution in [0.2, 0.25) is 0 Å². The van der Waals surface area contributed by atoms with Crippen LogP contribution in [0.15, 0.2) is 0 Å². The molecule has 0 aromatic heterocycles. The summed E-state index contributed by atoms with van der Waals surface area (Å²) < 4.78 is 5.42. The van der Waals surface area contributed by atoms with Crippen molar-refractivity contribution in [1.82, 2.24) is 4.90 Å². The molecule has 2 aliphatic rings. The number of likely N-dealkylation sites (tertiary alicyclic amines) is 1. The summed E-state index contributed by atoms with van der Waals surface area (Å²) in [6.07, 6.45) is 9.85. The Morgan fingerprint density at radius 3 is 2.65 bits per heavy atom. The highest BCUT2D eigenvalue weighted by Gasteiger charge is 2.32. The van der Waals surface area contributed by atoms with Crippen molar-refractivity contribution in [1.29, 1.82) is 0 Å². The second-order valence-corrected chi connectivity index (χ2v) is 5.96. The van der Waals surface area contributed by atoms with Crippen LogP contribution in [0.1, 0.15) is 44.9 Å². The zero-order valence-electron chi connectivity index (χ0n) is 11.3. The normalized spacial score (nSPS) is 29.6. The van der Waals surface area contributed by atoms with E-state index in [1.54, 1.807) is 0 Å². The molecule has 1 saturated heterocycles. The molecule has 2 N–H and O–H groups in total. The van der Waals surface area contributed by atoms with Gasteiger partial charge in [-0.25, -0.2) is 0 Å². The lowest BCUT2D eigenvalue weighted by molar-refractivity contribution is 0.102. The molecule has 1 heterocycles. The van der Waals surface area contributed by atoms with Crippen LogP contribution in [-0.2, 0) is 4.74 Å². The molecule has 2 fully saturated rings. The van der Waals surface area contributed by atoms with Gasteiger partial charge in [-0.1, -0.05) is 19.3 Å². The Bertz CT molecular complexity index is 226. The second-order valence-electron chi connectivity index (χ2n) is 5.96. The second kappa shape index (κ2) is 6.17. The maximum Gasteiger partial charge on any atom is 0.0710 e. The van der Waals surface area contributed by atoms with Crippen molar-refractivity contribution in [2.75, 3.05) is 33.3 Å². The summed E-state index contributed by atoms with van der Waals surface area (Å²) in [5.41, 5.74) is 6.49. The van der Waals surface area contributed by atoms with E-state index in [0.29, 0.717) is 11.5 Å². The number of ether oxygens (including phenoxy) is 1. The molecule has 1 aliphatic heterocycles. The van der Waals surface area contributed by atoms with Gasteiger partial charge >= 0.3 is 0 Å². The summed E-state index contributed by atoms with van der Waals surface area (Å²) >= 11 is 0. The van der Waals surface area contributed by atoms with Gasteiger partial charge < -0.3 is 15.4 Å². The summed E-state index contributed by atoms with van der Waals surface area (Å²) in [6, 6.07) is 0. The lowest BCUT2D eigenvalue weighted by atomic mass is 9.72. The van der Waals surface area contributed by atoms with E-state index in [0.717, 1.165) is 13.1 Å². The molecular weight excluding hydrogens is 212 g/mol. The zero-order valence-corrected chi connectivity index (χ0v) is 11.3. The Morgan fingerprint density at radius 1 is 1.29 bits per heavy atom. The Balaban J connectivity index is 1.76. The molecule has 0 amide bonds. The molecule has 100 valence electrons. The molecule has 1 atom stereocenters. The van der Waals surface area contributed by atoms with Gasteiger partial charge in [-0.3, -0.25) is 0 Å². The molecule has 0 bridgehead atoms. The number of rotatable bonds is 5. The fraction of sp³-hybridized carbons (Fsp3) is 1.00. The van der Waals surface area contributed by atoms with Gasteiger partial charge in [0.2, 0.25) is 0 Å². The molecule has 1 saturated carbocycles. The van der Waals surface area contributed by atoms with E-state index >= 15 is 0 Å². The summed E-state index contributed by atoms with van der Waals surface area (Å²) in [6.45, 7) is 4.43. The van der Waals surface area contributed by atoms with E-state index in [4.69, 9.17) is 10.5 Å². The van der Waals surface area contributed by atoms with E-state index in [-0.39, 0.29) is 0 Å². The minimum Gasteiger partial charge on any atom is -0.380 e. The van der Waals surface area contributed by atoms with Crippen molar-refractivity contribution in [3.8, 4) is 0 Å². The van der Waals surface area contributed by atoms with Crippen LogP contribution in [0.5, 0.6) is 0 Å². The first-order chi connectivity index (χ1) is 8.28. The third-order valence-corrected chi connectivity index (χ3v) is 4.87. The minimum absolute atomic E-state index is 0.462. The fourth-order valence-electron chi connectivity index (χ4n) is 3.45. The molecule has 0 aromatic carbocycles. The van der Waals surface area contributed by atoms with Crippen LogP contribution in [-0.4, -0.2) is 44.3 Å². The van der Waals surface area contributed by atoms with Crippen molar-refractivity contribution in [2.45, 2.75) is 51.0 Å². The molecule has 2 rings (SSSR count). The van der Waals surface area contributed by atoms with Crippen LogP contribution in [0, 0.1) is 5.41 Å². The van der Waals surface area contributed by atoms with Crippen molar-refractivity contribution < 1.29 is 4.74 Å². The first-order valence-corrected chi connectivity index (χ1v) is 7.23. The third kappa shape index (κ3) is 3.43. The fourth-order valence-corrected chi connectivity index (χ4v) is 3.45. The van der Waals surface area contributed by atoms with Crippen LogP contribution >= 0.6 is 0 Å². The number of hydrogen-bond acceptors (Lipinski definition) is 3. The highest BCUT2D eigenvalue weighted by atomic mass is 16.5. The highest BCUT2D eigenvalue weighted by molar-refractivity contribution is 4.86. The average molecular weight is 240 g/mol. The summed E-state index contributed by atoms with van der Waals surface area (Å²) in [4.78, 5) is 2.56. The summed E-state index contributed by atoms with van der Waals surface area (Å²) in [7, 11) is 1.83. The average Bonchev–Trinajstić information content (AvgIpc) is 2.85. The van der Waals surface area contributed by atoms with E-state index < -0.39 is 0 Å². The SMILES string of the molecule is COC1CCN(CCC2(CN)CCCCC2)C1. The van der Waals surface area contributed by atoms with E-state index in [1.165, 1.54) is 58.0 Å². The number of methoxy groups -OCH3 is 1. The number of nitrogens with zero attached hydrogens (tertiary/aromatic N) is 1. The van der Waals surface area contributed by atoms with Gasteiger partial charge in [0.15, 0.2) is 0 Å². The van der Waals surface area contributed by atoms with E-state index in [2.05, 4.69) is 4.90 Å². The third-order valence-electron chi connectivity index (χ3n) is 4.87. The molecule has 0 spiro atoms. The van der Waals surface area contributed by atoms with Crippen LogP contribution in [0.4, 0.5) is 0 Å². The largest absolute Gasteiger partial charge is 0.380 e. The quantitative estimate of drug-likeness (QED) is 0.799. The summed E-state index contributed by atoms with van der Waals surface area (Å²) in [5.74, 6) is 0. The van der Waals surface area contributed by atoms with Gasteiger partial charge in [0.25, 0.3) is 0 Å². The minimum atomic E-state index is 0.462. The first kappa shape index (κ1) is 13.3. The molecular formula is C14H28N2O. The monoisotopic (exact) mass is 240 g/mol. The molecule has 3 heteroatoms. The van der Waals surface area contributed by atoms with Gasteiger partial charge in [0, 0.05) is 20.2 Å². The predicted molar refractivity (Wildman–Crippen MR) is 71.0 cm³/mol. The molecule has 0 radical (unpaired) electrons. The predicted octanol–water partition coefficient (Wildman–Crippen LogP) is 2.01. The lowest BCUT2D eigenvalue weighted by Crippen LogP contribution is -2.37. The van der Waals surface area contributed by atoms with Crippen molar-refractivity contribution in [2.24, 2.45) is 11.1 Å². The Kier molecular flexibility index (Phi) is 4.83. The van der Waals surface area contributed by atoms with Gasteiger partial charge in [0.1, 0.15) is 0 Å². The Hall–Kier alpha value is -0.120. The Labute approximate surface area is 106 Å². The molecule has 1 unspecified atom stereocenters. The van der Waals surface area contributed by atoms with Crippen LogP contribution in [0.3, 0.4) is 0 Å². The first-order valence-electron chi connectivity index (χ1n) is 7.23. The Morgan fingerprint density at radius 2 is 2.06 bits per heavy atom. The van der Waals surface area contributed by atoms with Gasteiger partial charge in [-0.2, -0.15) is 0 Å². The molecule has 1 aliphatic carbocycles. The van der Waals surface area contributed by atoms with E-state index in [9.17, 15) is 0 Å².